The number of nitrogens with zero attached hydrogens (tertiary/aromatic N) is 3. The van der Waals surface area contributed by atoms with Crippen molar-refractivity contribution in [1.82, 2.24) is 10.2 Å². The Hall–Kier alpha value is -2.96. The fourth-order valence-corrected chi connectivity index (χ4v) is 4.70. The molecule has 178 valence electrons. The predicted molar refractivity (Wildman–Crippen MR) is 120 cm³/mol. The second-order valence-electron chi connectivity index (χ2n) is 8.21. The van der Waals surface area contributed by atoms with Gasteiger partial charge < -0.3 is 15.1 Å². The number of oxime groups is 1. The molecule has 6 nitrogen and oxygen atoms in total. The zero-order valence-corrected chi connectivity index (χ0v) is 19.5. The maximum atomic E-state index is 14.2. The van der Waals surface area contributed by atoms with E-state index >= 15 is 0 Å². The number of carbonyl (C=O) groups excluding carboxylic acids is 1. The largest absolute Gasteiger partial charge is 0.435 e. The van der Waals surface area contributed by atoms with Crippen LogP contribution in [0.2, 0.25) is 10.0 Å². The number of nitriles is 1. The Morgan fingerprint density at radius 2 is 1.85 bits per heavy atom. The summed E-state index contributed by atoms with van der Waals surface area (Å²) in [5.74, 6) is -0.160. The Morgan fingerprint density at radius 1 is 1.21 bits per heavy atom. The molecule has 1 N–H and O–H groups in total. The first kappa shape index (κ1) is 24.2. The van der Waals surface area contributed by atoms with Crippen molar-refractivity contribution >= 4 is 34.9 Å². The van der Waals surface area contributed by atoms with Crippen molar-refractivity contribution in [2.45, 2.75) is 44.6 Å². The number of fused-ring (bicyclic) bond motifs is 1. The summed E-state index contributed by atoms with van der Waals surface area (Å²) in [4.78, 5) is 19.2. The highest BCUT2D eigenvalue weighted by Gasteiger charge is 2.63. The number of hydrogen-bond donors (Lipinski definition) is 1. The lowest BCUT2D eigenvalue weighted by molar-refractivity contribution is -0.275. The molecule has 0 bridgehead atoms. The van der Waals surface area contributed by atoms with Gasteiger partial charge in [0.1, 0.15) is 5.84 Å². The molecule has 0 aromatic heterocycles. The summed E-state index contributed by atoms with van der Waals surface area (Å²) in [6.07, 6.45) is -5.12. The average Bonchev–Trinajstić information content (AvgIpc) is 3.37. The van der Waals surface area contributed by atoms with E-state index in [4.69, 9.17) is 33.3 Å². The van der Waals surface area contributed by atoms with Crippen molar-refractivity contribution < 1.29 is 22.8 Å². The monoisotopic (exact) mass is 510 g/mol. The van der Waals surface area contributed by atoms with Crippen LogP contribution in [0.15, 0.2) is 35.5 Å². The van der Waals surface area contributed by atoms with Gasteiger partial charge in [0.05, 0.1) is 18.9 Å². The highest BCUT2D eigenvalue weighted by atomic mass is 35.5. The van der Waals surface area contributed by atoms with Gasteiger partial charge >= 0.3 is 6.18 Å². The van der Waals surface area contributed by atoms with Gasteiger partial charge in [-0.1, -0.05) is 34.4 Å². The van der Waals surface area contributed by atoms with Gasteiger partial charge in [-0.2, -0.15) is 18.4 Å². The van der Waals surface area contributed by atoms with Crippen molar-refractivity contribution in [3.05, 3.63) is 68.2 Å². The minimum atomic E-state index is -4.77. The fraction of sp³-hybridized carbons (Fsp3) is 0.348. The number of halogens is 5. The van der Waals surface area contributed by atoms with Crippen LogP contribution in [0.5, 0.6) is 0 Å². The number of amides is 1. The first-order valence-electron chi connectivity index (χ1n) is 10.3. The van der Waals surface area contributed by atoms with Crippen LogP contribution in [0.1, 0.15) is 45.5 Å². The number of alkyl halides is 3. The van der Waals surface area contributed by atoms with Crippen molar-refractivity contribution in [2.24, 2.45) is 5.16 Å². The molecule has 0 aliphatic carbocycles. The molecule has 2 aromatic rings. The van der Waals surface area contributed by atoms with Crippen LogP contribution in [0, 0.1) is 18.3 Å². The molecular formula is C23H19Cl2F3N4O2. The first-order chi connectivity index (χ1) is 16.0. The number of amidine groups is 1. The lowest BCUT2D eigenvalue weighted by atomic mass is 9.89. The lowest BCUT2D eigenvalue weighted by Crippen LogP contribution is -2.43. The van der Waals surface area contributed by atoms with Gasteiger partial charge in [0.2, 0.25) is 0 Å². The van der Waals surface area contributed by atoms with E-state index in [0.29, 0.717) is 12.1 Å². The number of rotatable bonds is 4. The van der Waals surface area contributed by atoms with Gasteiger partial charge in [0.25, 0.3) is 11.5 Å². The third kappa shape index (κ3) is 4.40. The average molecular weight is 511 g/mol. The molecule has 0 radical (unpaired) electrons. The molecule has 1 unspecified atom stereocenters. The zero-order chi connectivity index (χ0) is 24.7. The molecule has 0 fully saturated rings. The van der Waals surface area contributed by atoms with Crippen molar-refractivity contribution in [1.29, 1.82) is 5.26 Å². The van der Waals surface area contributed by atoms with E-state index in [-0.39, 0.29) is 46.9 Å². The Morgan fingerprint density at radius 3 is 2.47 bits per heavy atom. The molecule has 2 aliphatic heterocycles. The number of hydrogen-bond acceptors (Lipinski definition) is 5. The van der Waals surface area contributed by atoms with Gasteiger partial charge in [-0.15, -0.1) is 0 Å². The maximum Gasteiger partial charge on any atom is 0.435 e. The molecule has 34 heavy (non-hydrogen) atoms. The molecule has 0 spiro atoms. The van der Waals surface area contributed by atoms with E-state index in [9.17, 15) is 18.0 Å². The molecule has 11 heteroatoms. The third-order valence-corrected chi connectivity index (χ3v) is 6.34. The normalized spacial score (nSPS) is 19.3. The lowest BCUT2D eigenvalue weighted by Gasteiger charge is -2.30. The topological polar surface area (TPSA) is 77.7 Å². The van der Waals surface area contributed by atoms with Crippen LogP contribution in [-0.2, 0) is 23.5 Å². The van der Waals surface area contributed by atoms with Crippen LogP contribution >= 0.6 is 23.2 Å². The maximum absolute atomic E-state index is 14.2. The zero-order valence-electron chi connectivity index (χ0n) is 18.0. The Labute approximate surface area is 203 Å². The smallest absolute Gasteiger partial charge is 0.372 e. The predicted octanol–water partition coefficient (Wildman–Crippen LogP) is 5.45. The Balaban J connectivity index is 1.56. The van der Waals surface area contributed by atoms with E-state index in [0.717, 1.165) is 16.7 Å². The molecular weight excluding hydrogens is 492 g/mol. The van der Waals surface area contributed by atoms with Crippen LogP contribution in [0.3, 0.4) is 0 Å². The fourth-order valence-electron chi connectivity index (χ4n) is 4.17. The van der Waals surface area contributed by atoms with E-state index < -0.39 is 18.2 Å². The van der Waals surface area contributed by atoms with Gasteiger partial charge in [0.15, 0.2) is 0 Å². The molecule has 2 aromatic carbocycles. The molecule has 1 amide bonds. The molecule has 0 saturated carbocycles. The summed E-state index contributed by atoms with van der Waals surface area (Å²) < 4.78 is 42.7. The number of carbonyl (C=O) groups is 1. The van der Waals surface area contributed by atoms with Gasteiger partial charge in [-0.05, 0) is 47.9 Å². The van der Waals surface area contributed by atoms with Crippen molar-refractivity contribution in [3.8, 4) is 6.07 Å². The van der Waals surface area contributed by atoms with Gasteiger partial charge in [-0.25, -0.2) is 0 Å². The Bertz CT molecular complexity index is 1210. The summed E-state index contributed by atoms with van der Waals surface area (Å²) in [5, 5.41) is 15.3. The number of aryl methyl sites for hydroxylation is 1. The first-order valence-corrected chi connectivity index (χ1v) is 11.1. The highest BCUT2D eigenvalue weighted by Crippen LogP contribution is 2.50. The highest BCUT2D eigenvalue weighted by molar-refractivity contribution is 6.34. The van der Waals surface area contributed by atoms with Gasteiger partial charge in [-0.3, -0.25) is 4.79 Å². The summed E-state index contributed by atoms with van der Waals surface area (Å²) in [6, 6.07) is 9.25. The van der Waals surface area contributed by atoms with Crippen LogP contribution in [0.4, 0.5) is 13.2 Å². The quantitative estimate of drug-likeness (QED) is 0.554. The van der Waals surface area contributed by atoms with Crippen LogP contribution in [-0.4, -0.2) is 29.4 Å². The van der Waals surface area contributed by atoms with E-state index in [2.05, 4.69) is 10.5 Å². The second kappa shape index (κ2) is 9.01. The summed E-state index contributed by atoms with van der Waals surface area (Å²) >= 11 is 11.9. The number of benzene rings is 2. The van der Waals surface area contributed by atoms with Crippen molar-refractivity contribution in [2.75, 3.05) is 6.54 Å². The summed E-state index contributed by atoms with van der Waals surface area (Å²) in [5.41, 5.74) is -0.0228. The van der Waals surface area contributed by atoms with Crippen LogP contribution < -0.4 is 5.32 Å². The molecule has 0 saturated heterocycles. The molecule has 1 atom stereocenters. The Kier molecular flexibility index (Phi) is 6.40. The SMILES string of the molecule is Cc1cc2c(cc1C(=O)NCCC#N)CN(C1=NOC(c3cc(Cl)cc(Cl)c3)(C(F)(F)F)C1)C2. The molecule has 4 rings (SSSR count). The van der Waals surface area contributed by atoms with E-state index in [1.54, 1.807) is 17.9 Å². The van der Waals surface area contributed by atoms with E-state index in [1.165, 1.54) is 18.2 Å². The minimum Gasteiger partial charge on any atom is -0.372 e. The standard InChI is InChI=1S/C23H19Cl2F3N4O2/c1-13-5-14-11-32(12-15(14)6-19(13)21(33)30-4-2-3-29)20-10-22(34-31-20,23(26,27)28)16-7-17(24)9-18(25)8-16/h5-9H,2,4,10-12H2,1H3,(H,30,33). The second-order valence-corrected chi connectivity index (χ2v) is 9.09. The van der Waals surface area contributed by atoms with Gasteiger partial charge in [0, 0.05) is 40.8 Å². The number of nitrogens with one attached hydrogen (secondary N) is 1. The third-order valence-electron chi connectivity index (χ3n) is 5.90. The minimum absolute atomic E-state index is 0.0628. The van der Waals surface area contributed by atoms with Crippen molar-refractivity contribution in [3.63, 3.8) is 0 Å². The summed E-state index contributed by atoms with van der Waals surface area (Å²) in [6.45, 7) is 2.63. The van der Waals surface area contributed by atoms with Crippen LogP contribution in [0.25, 0.3) is 0 Å². The summed E-state index contributed by atoms with van der Waals surface area (Å²) in [7, 11) is 0. The molecule has 2 heterocycles. The molecule has 2 aliphatic rings. The van der Waals surface area contributed by atoms with E-state index in [1.807, 2.05) is 12.1 Å².